The van der Waals surface area contributed by atoms with Crippen molar-refractivity contribution in [1.29, 1.82) is 0 Å². The van der Waals surface area contributed by atoms with Gasteiger partial charge in [0.05, 0.1) is 6.42 Å². The van der Waals surface area contributed by atoms with E-state index in [1.807, 2.05) is 14.3 Å². The molecule has 1 rings (SSSR count). The van der Waals surface area contributed by atoms with Gasteiger partial charge in [-0.05, 0) is 0 Å². The molecule has 0 spiro atoms. The van der Waals surface area contributed by atoms with Crippen molar-refractivity contribution in [1.82, 2.24) is 5.09 Å². The van der Waals surface area contributed by atoms with Gasteiger partial charge in [0.15, 0.2) is 0 Å². The van der Waals surface area contributed by atoms with Crippen LogP contribution in [0.15, 0.2) is 0 Å². The molecule has 5 nitrogen and oxygen atoms in total. The van der Waals surface area contributed by atoms with E-state index in [-0.39, 0.29) is 6.42 Å². The molecule has 0 bridgehead atoms. The highest BCUT2D eigenvalue weighted by Crippen LogP contribution is 2.57. The van der Waals surface area contributed by atoms with Crippen LogP contribution in [0.2, 0.25) is 0 Å². The second kappa shape index (κ2) is 2.02. The van der Waals surface area contributed by atoms with Crippen LogP contribution in [0.25, 0.3) is 0 Å². The molecule has 1 fully saturated rings. The maximum Gasteiger partial charge on any atom is 0.317 e. The van der Waals surface area contributed by atoms with Crippen LogP contribution in [0.3, 0.4) is 0 Å². The molecule has 0 saturated carbocycles. The quantitative estimate of drug-likeness (QED) is 0.426. The highest BCUT2D eigenvalue weighted by molar-refractivity contribution is 7.66. The van der Waals surface area contributed by atoms with E-state index in [0.29, 0.717) is 0 Å². The van der Waals surface area contributed by atoms with E-state index >= 15 is 0 Å². The standard InChI is InChI=1S/C3H8N2O3P2/c4-3(9)1-2(6)5-10(3,7)8/h1,4,9H2,(H2,5,6,7,8). The minimum Gasteiger partial charge on any atom is -0.328 e. The first kappa shape index (κ1) is 8.15. The van der Waals surface area contributed by atoms with Gasteiger partial charge in [0.25, 0.3) is 0 Å². The first-order valence-corrected chi connectivity index (χ1v) is 4.81. The molecule has 1 heterocycles. The fourth-order valence-corrected chi connectivity index (χ4v) is 2.04. The second-order valence-electron chi connectivity index (χ2n) is 2.28. The average Bonchev–Trinajstić information content (AvgIpc) is 1.73. The van der Waals surface area contributed by atoms with Crippen molar-refractivity contribution in [3.8, 4) is 0 Å². The summed E-state index contributed by atoms with van der Waals surface area (Å²) in [6.45, 7) is 0. The van der Waals surface area contributed by atoms with Gasteiger partial charge in [-0.3, -0.25) is 14.4 Å². The predicted molar refractivity (Wildman–Crippen MR) is 39.2 cm³/mol. The summed E-state index contributed by atoms with van der Waals surface area (Å²) in [5, 5.41) is 0.539. The fourth-order valence-electron chi connectivity index (χ4n) is 0.677. The summed E-state index contributed by atoms with van der Waals surface area (Å²) in [5.41, 5.74) is 5.31. The Morgan fingerprint density at radius 3 is 2.50 bits per heavy atom. The molecular formula is C3H8N2O3P2. The maximum absolute atomic E-state index is 11.0. The number of nitrogens with one attached hydrogen (secondary N) is 1. The monoisotopic (exact) mass is 182 g/mol. The van der Waals surface area contributed by atoms with Gasteiger partial charge in [-0.25, -0.2) is 0 Å². The lowest BCUT2D eigenvalue weighted by molar-refractivity contribution is -0.118. The SMILES string of the molecule is NC1(P)CC(=O)NP1(=O)O. The largest absolute Gasteiger partial charge is 0.328 e. The smallest absolute Gasteiger partial charge is 0.317 e. The van der Waals surface area contributed by atoms with Crippen LogP contribution < -0.4 is 10.8 Å². The Morgan fingerprint density at radius 1 is 1.90 bits per heavy atom. The number of rotatable bonds is 0. The van der Waals surface area contributed by atoms with Crippen LogP contribution in [-0.4, -0.2) is 15.8 Å². The summed E-state index contributed by atoms with van der Waals surface area (Å²) in [7, 11) is -1.66. The van der Waals surface area contributed by atoms with Crippen molar-refractivity contribution in [3.63, 3.8) is 0 Å². The van der Waals surface area contributed by atoms with Crippen LogP contribution in [-0.2, 0) is 9.36 Å². The summed E-state index contributed by atoms with van der Waals surface area (Å²) in [6, 6.07) is 0. The van der Waals surface area contributed by atoms with Crippen molar-refractivity contribution < 1.29 is 14.3 Å². The van der Waals surface area contributed by atoms with Crippen molar-refractivity contribution in [3.05, 3.63) is 0 Å². The zero-order chi connectivity index (χ0) is 7.99. The molecule has 58 valence electrons. The third kappa shape index (κ3) is 1.10. The Labute approximate surface area is 60.1 Å². The molecule has 1 saturated heterocycles. The fraction of sp³-hybridized carbons (Fsp3) is 0.667. The van der Waals surface area contributed by atoms with Gasteiger partial charge in [0.1, 0.15) is 5.02 Å². The maximum atomic E-state index is 11.0. The molecule has 0 aromatic heterocycles. The Hall–Kier alpha value is 0.0500. The lowest BCUT2D eigenvalue weighted by Gasteiger charge is -2.18. The number of nitrogens with two attached hydrogens (primary N) is 1. The number of carbonyl (C=O) groups excluding carboxylic acids is 1. The minimum atomic E-state index is -3.66. The molecule has 7 heteroatoms. The molecule has 3 unspecified atom stereocenters. The highest BCUT2D eigenvalue weighted by atomic mass is 31.2. The van der Waals surface area contributed by atoms with Gasteiger partial charge in [0.2, 0.25) is 5.91 Å². The van der Waals surface area contributed by atoms with Crippen molar-refractivity contribution in [2.75, 3.05) is 0 Å². The van der Waals surface area contributed by atoms with Gasteiger partial charge in [-0.1, -0.05) is 0 Å². The first-order chi connectivity index (χ1) is 4.35. The lowest BCUT2D eigenvalue weighted by atomic mass is 10.4. The van der Waals surface area contributed by atoms with Crippen molar-refractivity contribution in [2.24, 2.45) is 5.73 Å². The number of hydrogen-bond acceptors (Lipinski definition) is 3. The molecule has 0 aliphatic carbocycles. The van der Waals surface area contributed by atoms with E-state index in [9.17, 15) is 9.36 Å². The Bertz CT molecular complexity index is 226. The summed E-state index contributed by atoms with van der Waals surface area (Å²) in [5.74, 6) is -0.483. The summed E-state index contributed by atoms with van der Waals surface area (Å²) in [4.78, 5) is 19.5. The van der Waals surface area contributed by atoms with E-state index in [1.165, 1.54) is 0 Å². The van der Waals surface area contributed by atoms with Gasteiger partial charge in [-0.2, -0.15) is 0 Å². The molecule has 0 aromatic rings. The van der Waals surface area contributed by atoms with Crippen LogP contribution in [0.1, 0.15) is 6.42 Å². The summed E-state index contributed by atoms with van der Waals surface area (Å²) < 4.78 is 11.0. The van der Waals surface area contributed by atoms with Crippen molar-refractivity contribution in [2.45, 2.75) is 11.4 Å². The third-order valence-corrected chi connectivity index (χ3v) is 4.38. The first-order valence-electron chi connectivity index (χ1n) is 2.57. The van der Waals surface area contributed by atoms with Crippen LogP contribution >= 0.6 is 16.8 Å². The molecule has 0 radical (unpaired) electrons. The van der Waals surface area contributed by atoms with Crippen LogP contribution in [0.4, 0.5) is 0 Å². The van der Waals surface area contributed by atoms with Gasteiger partial charge in [0, 0.05) is 0 Å². The van der Waals surface area contributed by atoms with Gasteiger partial charge >= 0.3 is 7.52 Å². The molecule has 10 heavy (non-hydrogen) atoms. The Morgan fingerprint density at radius 2 is 2.40 bits per heavy atom. The minimum absolute atomic E-state index is 0.120. The van der Waals surface area contributed by atoms with Gasteiger partial charge < -0.3 is 10.6 Å². The third-order valence-electron chi connectivity index (χ3n) is 1.28. The average molecular weight is 182 g/mol. The Balaban J connectivity index is 3.00. The topological polar surface area (TPSA) is 92.4 Å². The van der Waals surface area contributed by atoms with Gasteiger partial charge in [-0.15, -0.1) is 9.24 Å². The van der Waals surface area contributed by atoms with Crippen LogP contribution in [0, 0.1) is 0 Å². The molecular weight excluding hydrogens is 174 g/mol. The van der Waals surface area contributed by atoms with E-state index in [4.69, 9.17) is 10.6 Å². The number of amides is 1. The van der Waals surface area contributed by atoms with Crippen LogP contribution in [0.5, 0.6) is 0 Å². The zero-order valence-corrected chi connectivity index (χ0v) is 7.12. The van der Waals surface area contributed by atoms with E-state index in [0.717, 1.165) is 0 Å². The number of carbonyl (C=O) groups is 1. The van der Waals surface area contributed by atoms with E-state index < -0.39 is 18.4 Å². The predicted octanol–water partition coefficient (Wildman–Crippen LogP) is -0.821. The summed E-state index contributed by atoms with van der Waals surface area (Å²) >= 11 is 0. The van der Waals surface area contributed by atoms with E-state index in [1.54, 1.807) is 0 Å². The molecule has 3 atom stereocenters. The van der Waals surface area contributed by atoms with E-state index in [2.05, 4.69) is 0 Å². The van der Waals surface area contributed by atoms with Crippen molar-refractivity contribution >= 4 is 22.7 Å². The normalized spacial score (nSPS) is 47.3. The molecule has 1 aliphatic rings. The molecule has 0 aromatic carbocycles. The zero-order valence-electron chi connectivity index (χ0n) is 5.07. The molecule has 4 N–H and O–H groups in total. The summed E-state index contributed by atoms with van der Waals surface area (Å²) in [6.07, 6.45) is -0.120. The lowest BCUT2D eigenvalue weighted by Crippen LogP contribution is -2.29. The second-order valence-corrected chi connectivity index (χ2v) is 6.00. The number of hydrogen-bond donors (Lipinski definition) is 3. The highest BCUT2D eigenvalue weighted by Gasteiger charge is 2.49. The molecule has 1 aliphatic heterocycles. The molecule has 1 amide bonds. The Kier molecular flexibility index (Phi) is 1.64.